The molecule has 0 radical (unpaired) electrons. The van der Waals surface area contributed by atoms with Gasteiger partial charge in [-0.15, -0.1) is 5.75 Å². The Balaban J connectivity index is 0.00000544. The number of rotatable bonds is 16. The molecule has 0 saturated carbocycles. The Labute approximate surface area is 242 Å². The summed E-state index contributed by atoms with van der Waals surface area (Å²) < 4.78 is 39.6. The van der Waals surface area contributed by atoms with Crippen LogP contribution in [-0.2, 0) is 16.5 Å². The zero-order valence-electron chi connectivity index (χ0n) is 20.2. The molecule has 0 fully saturated rings. The van der Waals surface area contributed by atoms with E-state index >= 15 is 0 Å². The number of unbranched alkanes of at least 4 members (excludes halogenated alkanes) is 11. The molecule has 0 spiro atoms. The zero-order valence-corrected chi connectivity index (χ0v) is 24.2. The molecule has 0 atom stereocenters. The van der Waals surface area contributed by atoms with Crippen LogP contribution in [0, 0.1) is 0 Å². The third-order valence-electron chi connectivity index (χ3n) is 5.63. The average molecular weight is 501 g/mol. The fourth-order valence-corrected chi connectivity index (χ4v) is 4.81. The van der Waals surface area contributed by atoms with Gasteiger partial charge >= 0.3 is 51.4 Å². The van der Waals surface area contributed by atoms with Gasteiger partial charge in [0.15, 0.2) is 0 Å². The molecule has 0 unspecified atom stereocenters. The Morgan fingerprint density at radius 1 is 0.818 bits per heavy atom. The van der Waals surface area contributed by atoms with Crippen LogP contribution in [0.3, 0.4) is 0 Å². The molecule has 2 aromatic rings. The van der Waals surface area contributed by atoms with Gasteiger partial charge in [0.05, 0.1) is 0 Å². The second-order valence-corrected chi connectivity index (χ2v) is 9.80. The van der Waals surface area contributed by atoms with E-state index < -0.39 is 10.1 Å². The van der Waals surface area contributed by atoms with Crippen molar-refractivity contribution in [3.05, 3.63) is 48.0 Å². The normalized spacial score (nSPS) is 11.2. The first-order valence-corrected chi connectivity index (χ1v) is 13.4. The van der Waals surface area contributed by atoms with Crippen molar-refractivity contribution in [1.29, 1.82) is 0 Å². The van der Waals surface area contributed by atoms with Crippen LogP contribution < -0.4 is 61.2 Å². The van der Waals surface area contributed by atoms with Crippen molar-refractivity contribution >= 4 is 10.1 Å². The smallest absolute Gasteiger partial charge is 0.872 e. The second-order valence-electron chi connectivity index (χ2n) is 8.44. The number of hydrogen-bond donors (Lipinski definition) is 1. The van der Waals surface area contributed by atoms with Crippen LogP contribution in [0.5, 0.6) is 17.2 Å². The number of ether oxygens (including phenoxy) is 1. The van der Waals surface area contributed by atoms with Crippen LogP contribution >= 0.6 is 0 Å². The molecule has 0 heterocycles. The molecule has 2 rings (SSSR count). The summed E-state index contributed by atoms with van der Waals surface area (Å²) in [6.07, 6.45) is 14.8. The zero-order chi connectivity index (χ0) is 23.2. The summed E-state index contributed by atoms with van der Waals surface area (Å²) in [5, 5.41) is 12.1. The summed E-state index contributed by atoms with van der Waals surface area (Å²) in [4.78, 5) is -0.302. The van der Waals surface area contributed by atoms with E-state index in [9.17, 15) is 18.1 Å². The molecule has 0 aliphatic rings. The molecule has 0 aliphatic heterocycles. The maximum Gasteiger partial charge on any atom is 1.00 e. The van der Waals surface area contributed by atoms with Crippen molar-refractivity contribution in [1.82, 2.24) is 0 Å². The quantitative estimate of drug-likeness (QED) is 0.213. The number of hydrogen-bond acceptors (Lipinski definition) is 4. The summed E-state index contributed by atoms with van der Waals surface area (Å²) in [5.41, 5.74) is 0.318. The number of aryl methyl sites for hydroxylation is 1. The first-order valence-electron chi connectivity index (χ1n) is 12.0. The van der Waals surface area contributed by atoms with Gasteiger partial charge in [-0.05, 0) is 36.6 Å². The molecule has 7 heteroatoms. The molecule has 2 aromatic carbocycles. The van der Waals surface area contributed by atoms with Crippen molar-refractivity contribution in [2.45, 2.75) is 95.3 Å². The van der Waals surface area contributed by atoms with Gasteiger partial charge < -0.3 is 9.84 Å². The number of benzene rings is 2. The molecule has 178 valence electrons. The monoisotopic (exact) mass is 500 g/mol. The van der Waals surface area contributed by atoms with Gasteiger partial charge in [0.1, 0.15) is 16.4 Å². The van der Waals surface area contributed by atoms with E-state index in [0.29, 0.717) is 17.7 Å². The largest absolute Gasteiger partial charge is 1.00 e. The van der Waals surface area contributed by atoms with Crippen LogP contribution in [-0.4, -0.2) is 13.0 Å². The minimum atomic E-state index is -4.53. The molecule has 33 heavy (non-hydrogen) atoms. The van der Waals surface area contributed by atoms with Crippen molar-refractivity contribution < 1.29 is 74.2 Å². The molecule has 0 saturated heterocycles. The standard InChI is InChI=1S/C26H38O5S.K/c1-2-3-4-5-6-7-8-9-10-11-12-14-17-22-20-23(27)21-25(26(22)32(28,29)30)31-24-18-15-13-16-19-24;/h13,15-16,18-21,27H,2-12,14,17H2,1H3,(H,28,29,30);/q;+1/p-1. The molecule has 0 bridgehead atoms. The predicted molar refractivity (Wildman–Crippen MR) is 127 cm³/mol. The van der Waals surface area contributed by atoms with Gasteiger partial charge in [-0.25, -0.2) is 0 Å². The van der Waals surface area contributed by atoms with E-state index in [1.807, 2.05) is 0 Å². The van der Waals surface area contributed by atoms with Gasteiger partial charge in [0.25, 0.3) is 10.1 Å². The average Bonchev–Trinajstić information content (AvgIpc) is 2.74. The van der Waals surface area contributed by atoms with Gasteiger partial charge in [-0.1, -0.05) is 102 Å². The summed E-state index contributed by atoms with van der Waals surface area (Å²) in [5.74, 6) is -0.0586. The summed E-state index contributed by atoms with van der Waals surface area (Å²) in [7, 11) is -4.53. The van der Waals surface area contributed by atoms with Crippen LogP contribution in [0.1, 0.15) is 89.5 Å². The fraction of sp³-hybridized carbons (Fsp3) is 0.538. The molecular weight excluding hydrogens is 463 g/mol. The Morgan fingerprint density at radius 2 is 1.33 bits per heavy atom. The Morgan fingerprint density at radius 3 is 1.85 bits per heavy atom. The summed E-state index contributed by atoms with van der Waals surface area (Å²) >= 11 is 0. The van der Waals surface area contributed by atoms with E-state index in [1.165, 1.54) is 63.9 Å². The van der Waals surface area contributed by atoms with Crippen LogP contribution in [0.4, 0.5) is 0 Å². The van der Waals surface area contributed by atoms with Crippen LogP contribution in [0.2, 0.25) is 0 Å². The van der Waals surface area contributed by atoms with E-state index in [1.54, 1.807) is 30.3 Å². The van der Waals surface area contributed by atoms with Gasteiger partial charge in [-0.2, -0.15) is 8.42 Å². The maximum absolute atomic E-state index is 12.1. The molecule has 1 N–H and O–H groups in total. The predicted octanol–water partition coefficient (Wildman–Crippen LogP) is 4.05. The van der Waals surface area contributed by atoms with Gasteiger partial charge in [0.2, 0.25) is 0 Å². The topological polar surface area (TPSA) is 86.7 Å². The Bertz CT molecular complexity index is 900. The number of para-hydroxylation sites is 1. The van der Waals surface area contributed by atoms with Crippen LogP contribution in [0.15, 0.2) is 47.4 Å². The van der Waals surface area contributed by atoms with E-state index in [4.69, 9.17) is 4.74 Å². The van der Waals surface area contributed by atoms with E-state index in [0.717, 1.165) is 25.3 Å². The van der Waals surface area contributed by atoms with Crippen molar-refractivity contribution in [3.8, 4) is 17.2 Å². The minimum Gasteiger partial charge on any atom is -0.872 e. The first-order chi connectivity index (χ1) is 15.4. The molecular formula is C26H37KO5S. The molecule has 0 amide bonds. The van der Waals surface area contributed by atoms with Crippen LogP contribution in [0.25, 0.3) is 0 Å². The third-order valence-corrected chi connectivity index (χ3v) is 6.61. The van der Waals surface area contributed by atoms with Gasteiger partial charge in [-0.3, -0.25) is 4.55 Å². The molecule has 0 aromatic heterocycles. The first kappa shape index (κ1) is 30.6. The van der Waals surface area contributed by atoms with Crippen molar-refractivity contribution in [3.63, 3.8) is 0 Å². The maximum atomic E-state index is 12.1. The molecule has 5 nitrogen and oxygen atoms in total. The van der Waals surface area contributed by atoms with Crippen molar-refractivity contribution in [2.75, 3.05) is 0 Å². The van der Waals surface area contributed by atoms with Crippen molar-refractivity contribution in [2.24, 2.45) is 0 Å². The third kappa shape index (κ3) is 12.2. The van der Waals surface area contributed by atoms with Gasteiger partial charge in [0, 0.05) is 0 Å². The summed E-state index contributed by atoms with van der Waals surface area (Å²) in [6, 6.07) is 11.0. The minimum absolute atomic E-state index is 0. The molecule has 0 aliphatic carbocycles. The Kier molecular flexibility index (Phi) is 15.9. The van der Waals surface area contributed by atoms with E-state index in [-0.39, 0.29) is 67.8 Å². The Hall–Kier alpha value is -0.414. The summed E-state index contributed by atoms with van der Waals surface area (Å²) in [6.45, 7) is 2.23. The fourth-order valence-electron chi connectivity index (χ4n) is 3.96. The second kappa shape index (κ2) is 17.1. The van der Waals surface area contributed by atoms with E-state index in [2.05, 4.69) is 6.92 Å². The SMILES string of the molecule is CCCCCCCCCCCCCCc1cc([O-])cc(Oc2ccccc2)c1S(=O)(=O)O.[K+].